The first-order chi connectivity index (χ1) is 11.3. The normalized spacial score (nSPS) is 42.1. The Morgan fingerprint density at radius 2 is 1.96 bits per heavy atom. The van der Waals surface area contributed by atoms with Crippen LogP contribution in [-0.4, -0.2) is 37.1 Å². The van der Waals surface area contributed by atoms with Crippen LogP contribution in [0.3, 0.4) is 0 Å². The van der Waals surface area contributed by atoms with Crippen LogP contribution in [-0.2, 0) is 14.2 Å². The Bertz CT molecular complexity index is 574. The van der Waals surface area contributed by atoms with E-state index in [-0.39, 0.29) is 29.3 Å². The predicted octanol–water partition coefficient (Wildman–Crippen LogP) is 4.59. The second-order valence-electron chi connectivity index (χ2n) is 8.28. The van der Waals surface area contributed by atoms with Crippen molar-refractivity contribution in [1.82, 2.24) is 0 Å². The molecule has 5 atom stereocenters. The van der Waals surface area contributed by atoms with Crippen molar-refractivity contribution in [3.8, 4) is 0 Å². The minimum Gasteiger partial charge on any atom is -0.377 e. The Morgan fingerprint density at radius 3 is 2.50 bits per heavy atom. The number of hydrogen-bond acceptors (Lipinski definition) is 3. The summed E-state index contributed by atoms with van der Waals surface area (Å²) in [6, 6.07) is 0. The summed E-state index contributed by atoms with van der Waals surface area (Å²) in [4.78, 5) is 0. The van der Waals surface area contributed by atoms with Crippen molar-refractivity contribution in [3.63, 3.8) is 0 Å². The molecule has 2 unspecified atom stereocenters. The second kappa shape index (κ2) is 6.44. The van der Waals surface area contributed by atoms with Crippen LogP contribution in [0.1, 0.15) is 53.9 Å². The third-order valence-electron chi connectivity index (χ3n) is 5.81. The minimum absolute atomic E-state index is 0.0303. The molecule has 3 heteroatoms. The molecule has 0 bridgehead atoms. The van der Waals surface area contributed by atoms with E-state index in [1.807, 2.05) is 7.11 Å². The molecule has 0 aromatic carbocycles. The molecule has 134 valence electrons. The lowest BCUT2D eigenvalue weighted by molar-refractivity contribution is -0.0201. The van der Waals surface area contributed by atoms with Gasteiger partial charge in [-0.15, -0.1) is 0 Å². The second-order valence-corrected chi connectivity index (χ2v) is 8.28. The summed E-state index contributed by atoms with van der Waals surface area (Å²) in [5.74, 6) is 0.274. The number of allylic oxidation sites excluding steroid dienone is 4. The molecular formula is C21H32O3. The minimum atomic E-state index is -0.145. The highest BCUT2D eigenvalue weighted by Crippen LogP contribution is 2.60. The lowest BCUT2D eigenvalue weighted by Gasteiger charge is -2.40. The fourth-order valence-corrected chi connectivity index (χ4v) is 4.29. The summed E-state index contributed by atoms with van der Waals surface area (Å²) >= 11 is 0. The molecule has 0 radical (unpaired) electrons. The van der Waals surface area contributed by atoms with E-state index in [4.69, 9.17) is 14.2 Å². The van der Waals surface area contributed by atoms with Gasteiger partial charge in [-0.25, -0.2) is 0 Å². The molecular weight excluding hydrogens is 300 g/mol. The molecule has 0 aromatic heterocycles. The van der Waals surface area contributed by atoms with Gasteiger partial charge in [-0.2, -0.15) is 0 Å². The van der Waals surface area contributed by atoms with Gasteiger partial charge in [0.25, 0.3) is 0 Å². The average Bonchev–Trinajstić information content (AvgIpc) is 3.42. The first kappa shape index (κ1) is 17.9. The van der Waals surface area contributed by atoms with Crippen LogP contribution in [0.25, 0.3) is 0 Å². The Labute approximate surface area is 146 Å². The van der Waals surface area contributed by atoms with Crippen molar-refractivity contribution < 1.29 is 14.2 Å². The van der Waals surface area contributed by atoms with Gasteiger partial charge in [-0.05, 0) is 59.5 Å². The molecule has 24 heavy (non-hydrogen) atoms. The van der Waals surface area contributed by atoms with Gasteiger partial charge >= 0.3 is 0 Å². The molecule has 0 amide bonds. The van der Waals surface area contributed by atoms with Gasteiger partial charge in [-0.1, -0.05) is 29.4 Å². The number of rotatable bonds is 5. The smallest absolute Gasteiger partial charge is 0.101 e. The maximum atomic E-state index is 6.23. The van der Waals surface area contributed by atoms with Crippen LogP contribution in [0.4, 0.5) is 0 Å². The highest BCUT2D eigenvalue weighted by molar-refractivity contribution is 5.30. The largest absolute Gasteiger partial charge is 0.377 e. The van der Waals surface area contributed by atoms with E-state index in [0.29, 0.717) is 0 Å². The zero-order valence-corrected chi connectivity index (χ0v) is 16.0. The molecule has 3 fully saturated rings. The third kappa shape index (κ3) is 3.26. The van der Waals surface area contributed by atoms with Crippen LogP contribution in [0.15, 0.2) is 34.9 Å². The molecule has 1 spiro atoms. The zero-order chi connectivity index (χ0) is 17.5. The van der Waals surface area contributed by atoms with Gasteiger partial charge in [0.1, 0.15) is 11.2 Å². The summed E-state index contributed by atoms with van der Waals surface area (Å²) in [5, 5.41) is 0. The number of epoxide rings is 2. The number of methoxy groups -OCH3 is 1. The summed E-state index contributed by atoms with van der Waals surface area (Å²) in [7, 11) is 1.83. The predicted molar refractivity (Wildman–Crippen MR) is 97.0 cm³/mol. The first-order valence-electron chi connectivity index (χ1n) is 9.14. The zero-order valence-electron chi connectivity index (χ0n) is 16.0. The lowest BCUT2D eigenvalue weighted by atomic mass is 9.67. The van der Waals surface area contributed by atoms with Crippen molar-refractivity contribution in [2.75, 3.05) is 13.7 Å². The quantitative estimate of drug-likeness (QED) is 0.545. The van der Waals surface area contributed by atoms with Gasteiger partial charge in [-0.3, -0.25) is 0 Å². The van der Waals surface area contributed by atoms with E-state index in [9.17, 15) is 0 Å². The van der Waals surface area contributed by atoms with Gasteiger partial charge in [0.15, 0.2) is 0 Å². The number of hydrogen-bond donors (Lipinski definition) is 0. The Balaban J connectivity index is 1.85. The molecule has 0 N–H and O–H groups in total. The van der Waals surface area contributed by atoms with Crippen LogP contribution in [0.5, 0.6) is 0 Å². The van der Waals surface area contributed by atoms with Gasteiger partial charge in [0.05, 0.1) is 24.7 Å². The van der Waals surface area contributed by atoms with E-state index in [1.54, 1.807) is 0 Å². The number of ether oxygens (including phenoxy) is 3. The molecule has 1 aliphatic carbocycles. The summed E-state index contributed by atoms with van der Waals surface area (Å²) in [6.07, 6.45) is 10.2. The van der Waals surface area contributed by atoms with Crippen molar-refractivity contribution >= 4 is 0 Å². The SMILES string of the molecule is CO[C@@H]1C(=CC=C(C)C)CC[C@]2(CO2)C1C1(C)O[C@@H]1CC=C(C)C. The maximum absolute atomic E-state index is 6.23. The van der Waals surface area contributed by atoms with E-state index < -0.39 is 0 Å². The molecule has 1 saturated carbocycles. The molecule has 2 aliphatic heterocycles. The van der Waals surface area contributed by atoms with E-state index in [0.717, 1.165) is 25.9 Å². The van der Waals surface area contributed by atoms with Crippen LogP contribution in [0, 0.1) is 5.92 Å². The van der Waals surface area contributed by atoms with Crippen LogP contribution < -0.4 is 0 Å². The molecule has 2 saturated heterocycles. The van der Waals surface area contributed by atoms with Crippen molar-refractivity contribution in [2.45, 2.75) is 77.3 Å². The molecule has 0 aromatic rings. The maximum Gasteiger partial charge on any atom is 0.101 e. The summed E-state index contributed by atoms with van der Waals surface area (Å²) in [6.45, 7) is 11.6. The van der Waals surface area contributed by atoms with E-state index >= 15 is 0 Å². The lowest BCUT2D eigenvalue weighted by Crippen LogP contribution is -2.49. The van der Waals surface area contributed by atoms with Crippen LogP contribution in [0.2, 0.25) is 0 Å². The van der Waals surface area contributed by atoms with Gasteiger partial charge in [0.2, 0.25) is 0 Å². The van der Waals surface area contributed by atoms with Crippen LogP contribution >= 0.6 is 0 Å². The van der Waals surface area contributed by atoms with E-state index in [1.165, 1.54) is 16.7 Å². The van der Waals surface area contributed by atoms with Crippen molar-refractivity contribution in [3.05, 3.63) is 34.9 Å². The highest BCUT2D eigenvalue weighted by atomic mass is 16.6. The Morgan fingerprint density at radius 1 is 1.25 bits per heavy atom. The Kier molecular flexibility index (Phi) is 4.80. The highest BCUT2D eigenvalue weighted by Gasteiger charge is 2.71. The van der Waals surface area contributed by atoms with Crippen molar-refractivity contribution in [1.29, 1.82) is 0 Å². The first-order valence-corrected chi connectivity index (χ1v) is 9.14. The van der Waals surface area contributed by atoms with Gasteiger partial charge in [0, 0.05) is 7.11 Å². The summed E-state index contributed by atoms with van der Waals surface area (Å²) in [5.41, 5.74) is 3.86. The third-order valence-corrected chi connectivity index (χ3v) is 5.81. The average molecular weight is 332 g/mol. The molecule has 2 heterocycles. The molecule has 3 nitrogen and oxygen atoms in total. The monoisotopic (exact) mass is 332 g/mol. The van der Waals surface area contributed by atoms with Crippen molar-refractivity contribution in [2.24, 2.45) is 5.92 Å². The topological polar surface area (TPSA) is 34.3 Å². The fourth-order valence-electron chi connectivity index (χ4n) is 4.29. The standard InChI is InChI=1S/C21H32O3/c1-14(2)7-9-16-11-12-21(13-23-21)19(18(16)22-6)20(5)17(24-20)10-8-15(3)4/h7-9,17-19H,10-13H2,1-6H3/t17-,18-,19?,20?,21+/m1/s1. The molecule has 3 rings (SSSR count). The molecule has 3 aliphatic rings. The summed E-state index contributed by atoms with van der Waals surface area (Å²) < 4.78 is 18.2. The fraction of sp³-hybridized carbons (Fsp3) is 0.714. The Hall–Kier alpha value is -0.900. The van der Waals surface area contributed by atoms with Gasteiger partial charge < -0.3 is 14.2 Å². The van der Waals surface area contributed by atoms with E-state index in [2.05, 4.69) is 52.8 Å².